The number of aromatic amines is 2. The Hall–Kier alpha value is -3.56. The van der Waals surface area contributed by atoms with E-state index in [4.69, 9.17) is 39.0 Å². The Labute approximate surface area is 243 Å². The summed E-state index contributed by atoms with van der Waals surface area (Å²) in [6.45, 7) is -1.41. The predicted octanol–water partition coefficient (Wildman–Crippen LogP) is -2.25. The molecule has 0 aliphatic carbocycles. The van der Waals surface area contributed by atoms with Crippen LogP contribution in [0.2, 0.25) is 0 Å². The Morgan fingerprint density at radius 2 is 1.16 bits per heavy atom. The molecule has 0 aromatic carbocycles. The van der Waals surface area contributed by atoms with Crippen LogP contribution in [-0.2, 0) is 36.7 Å². The van der Waals surface area contributed by atoms with Gasteiger partial charge in [0.1, 0.15) is 24.7 Å². The average molecular weight is 656 g/mol. The maximum atomic E-state index is 12.9. The van der Waals surface area contributed by atoms with Crippen molar-refractivity contribution in [2.24, 2.45) is 0 Å². The Morgan fingerprint density at radius 3 is 1.57 bits per heavy atom. The third-order valence-electron chi connectivity index (χ3n) is 7.21. The molecule has 3 fully saturated rings. The smallest absolute Gasteiger partial charge is 0.280 e. The summed E-state index contributed by atoms with van der Waals surface area (Å²) in [6, 6.07) is 0. The highest BCUT2D eigenvalue weighted by molar-refractivity contribution is 7.46. The van der Waals surface area contributed by atoms with Crippen LogP contribution in [-0.4, -0.2) is 76.7 Å². The molecule has 0 spiro atoms. The molecule has 7 rings (SSSR count). The number of ether oxygens (including phenoxy) is 2. The van der Waals surface area contributed by atoms with Crippen molar-refractivity contribution in [2.75, 3.05) is 24.7 Å². The van der Waals surface area contributed by atoms with E-state index >= 15 is 0 Å². The standard InChI is InChI=1S/C20H24N10O12P2/c21-19-25-15-13(17(31)27-19)23-5-29(15)11-1-7-9(39-11)3-37-44(35,36)42-8-2-12(40-10(8)4-38-43(33,34)41-7)30-6-24-14-16(30)26-20(22)28-18(14)32/h5-12H,1-4H2,(H,33,34)(H,35,36)(H3,21,25,27,31)(H3,22,26,28,32)/p-2/t7?,8?,9-,10-,11-,12-/m1/s1. The molecule has 3 aliphatic rings. The first-order chi connectivity index (χ1) is 20.9. The van der Waals surface area contributed by atoms with E-state index in [0.717, 1.165) is 0 Å². The molecule has 24 heteroatoms. The Kier molecular flexibility index (Phi) is 6.97. The fraction of sp³-hybridized carbons (Fsp3) is 0.500. The number of nitrogens with one attached hydrogen (secondary N) is 2. The SMILES string of the molecule is Nc1nc2c(ncn2[C@H]2CC3OP(=O)([O-])OC[C@H]4O[C@@H](n5cnc6c(=O)[nH]c(N)nc65)CC4OP(=O)([O-])OC[C@H]3O2)c(=O)[nH]1. The lowest BCUT2D eigenvalue weighted by atomic mass is 10.2. The predicted molar refractivity (Wildman–Crippen MR) is 139 cm³/mol. The zero-order valence-electron chi connectivity index (χ0n) is 22.1. The molecule has 6 N–H and O–H groups in total. The van der Waals surface area contributed by atoms with Gasteiger partial charge in [-0.05, 0) is 0 Å². The van der Waals surface area contributed by atoms with Gasteiger partial charge in [0.15, 0.2) is 22.3 Å². The number of aromatic nitrogens is 8. The molecule has 236 valence electrons. The number of fused-ring (bicyclic) bond motifs is 4. The lowest BCUT2D eigenvalue weighted by Crippen LogP contribution is -2.35. The highest BCUT2D eigenvalue weighted by Gasteiger charge is 2.44. The molecule has 4 unspecified atom stereocenters. The monoisotopic (exact) mass is 656 g/mol. The third-order valence-corrected chi connectivity index (χ3v) is 9.19. The summed E-state index contributed by atoms with van der Waals surface area (Å²) in [7, 11) is -10.1. The number of phosphoric ester groups is 2. The van der Waals surface area contributed by atoms with E-state index in [0.29, 0.717) is 0 Å². The summed E-state index contributed by atoms with van der Waals surface area (Å²) in [6.07, 6.45) is -4.98. The largest absolute Gasteiger partial charge is 0.756 e. The lowest BCUT2D eigenvalue weighted by Gasteiger charge is -2.33. The number of rotatable bonds is 2. The number of hydrogen-bond acceptors (Lipinski definition) is 18. The van der Waals surface area contributed by atoms with Gasteiger partial charge in [0.05, 0.1) is 38.1 Å². The minimum atomic E-state index is -5.07. The van der Waals surface area contributed by atoms with Crippen molar-refractivity contribution in [1.82, 2.24) is 39.0 Å². The van der Waals surface area contributed by atoms with Crippen molar-refractivity contribution >= 4 is 49.9 Å². The van der Waals surface area contributed by atoms with Crippen molar-refractivity contribution in [1.29, 1.82) is 0 Å². The van der Waals surface area contributed by atoms with Gasteiger partial charge in [-0.1, -0.05) is 0 Å². The number of H-pyrrole nitrogens is 2. The molecule has 0 amide bonds. The van der Waals surface area contributed by atoms with E-state index < -0.39 is 76.8 Å². The quantitative estimate of drug-likeness (QED) is 0.165. The molecule has 0 radical (unpaired) electrons. The van der Waals surface area contributed by atoms with Crippen molar-refractivity contribution < 1.29 is 46.5 Å². The summed E-state index contributed by atoms with van der Waals surface area (Å²) in [5.74, 6) is -0.388. The number of hydrogen-bond donors (Lipinski definition) is 4. The minimum absolute atomic E-state index is 0.0431. The summed E-state index contributed by atoms with van der Waals surface area (Å²) < 4.78 is 60.9. The Bertz CT molecular complexity index is 1840. The molecule has 3 saturated heterocycles. The lowest BCUT2D eigenvalue weighted by molar-refractivity contribution is -0.242. The molecule has 0 bridgehead atoms. The van der Waals surface area contributed by atoms with Gasteiger partial charge in [-0.15, -0.1) is 0 Å². The average Bonchev–Trinajstić information content (AvgIpc) is 3.70. The maximum Gasteiger partial charge on any atom is 0.280 e. The van der Waals surface area contributed by atoms with E-state index in [1.807, 2.05) is 0 Å². The highest BCUT2D eigenvalue weighted by Crippen LogP contribution is 2.50. The molecule has 0 saturated carbocycles. The summed E-state index contributed by atoms with van der Waals surface area (Å²) in [4.78, 5) is 70.9. The second-order valence-electron chi connectivity index (χ2n) is 10.1. The van der Waals surface area contributed by atoms with E-state index in [9.17, 15) is 28.5 Å². The first-order valence-electron chi connectivity index (χ1n) is 12.9. The molecule has 8 atom stereocenters. The number of nitrogens with two attached hydrogens (primary N) is 2. The number of nitrogen functional groups attached to an aromatic ring is 2. The first-order valence-corrected chi connectivity index (χ1v) is 15.8. The van der Waals surface area contributed by atoms with Crippen LogP contribution in [0.3, 0.4) is 0 Å². The second-order valence-corrected chi connectivity index (χ2v) is 12.8. The van der Waals surface area contributed by atoms with Gasteiger partial charge in [-0.25, -0.2) is 9.97 Å². The van der Waals surface area contributed by atoms with Gasteiger partial charge >= 0.3 is 0 Å². The summed E-state index contributed by atoms with van der Waals surface area (Å²) in [5.41, 5.74) is 10.1. The van der Waals surface area contributed by atoms with Crippen LogP contribution in [0.25, 0.3) is 22.3 Å². The van der Waals surface area contributed by atoms with Crippen LogP contribution in [0.5, 0.6) is 0 Å². The van der Waals surface area contributed by atoms with Gasteiger partial charge in [0.25, 0.3) is 26.8 Å². The highest BCUT2D eigenvalue weighted by atomic mass is 31.2. The first kappa shape index (κ1) is 29.2. The Balaban J connectivity index is 1.13. The fourth-order valence-corrected chi connectivity index (χ4v) is 7.18. The van der Waals surface area contributed by atoms with E-state index in [1.54, 1.807) is 0 Å². The van der Waals surface area contributed by atoms with E-state index in [2.05, 4.69) is 29.9 Å². The molecular weight excluding hydrogens is 634 g/mol. The van der Waals surface area contributed by atoms with Gasteiger partial charge < -0.3 is 48.8 Å². The van der Waals surface area contributed by atoms with Crippen molar-refractivity contribution in [2.45, 2.75) is 49.7 Å². The van der Waals surface area contributed by atoms with Crippen molar-refractivity contribution in [3.8, 4) is 0 Å². The second kappa shape index (κ2) is 10.5. The molecule has 44 heavy (non-hydrogen) atoms. The minimum Gasteiger partial charge on any atom is -0.756 e. The van der Waals surface area contributed by atoms with Crippen LogP contribution >= 0.6 is 15.6 Å². The van der Waals surface area contributed by atoms with Gasteiger partial charge in [-0.2, -0.15) is 9.97 Å². The van der Waals surface area contributed by atoms with Crippen LogP contribution in [0, 0.1) is 0 Å². The molecule has 22 nitrogen and oxygen atoms in total. The summed E-state index contributed by atoms with van der Waals surface area (Å²) in [5, 5.41) is 0. The van der Waals surface area contributed by atoms with Crippen molar-refractivity contribution in [3.63, 3.8) is 0 Å². The summed E-state index contributed by atoms with van der Waals surface area (Å²) >= 11 is 0. The molecule has 4 aromatic heterocycles. The van der Waals surface area contributed by atoms with Crippen LogP contribution in [0.15, 0.2) is 22.2 Å². The molecule has 7 heterocycles. The number of phosphoric acid groups is 2. The van der Waals surface area contributed by atoms with Crippen LogP contribution < -0.4 is 32.4 Å². The number of nitrogens with zero attached hydrogens (tertiary/aromatic N) is 6. The number of imidazole rings is 2. The van der Waals surface area contributed by atoms with Gasteiger partial charge in [0.2, 0.25) is 11.9 Å². The molecule has 3 aliphatic heterocycles. The van der Waals surface area contributed by atoms with Crippen molar-refractivity contribution in [3.05, 3.63) is 33.4 Å². The number of anilines is 2. The van der Waals surface area contributed by atoms with E-state index in [-0.39, 0.29) is 47.1 Å². The van der Waals surface area contributed by atoms with E-state index in [1.165, 1.54) is 21.8 Å². The fourth-order valence-electron chi connectivity index (χ4n) is 5.29. The topological polar surface area (TPSA) is 315 Å². The zero-order valence-corrected chi connectivity index (χ0v) is 23.9. The Morgan fingerprint density at radius 1 is 0.750 bits per heavy atom. The maximum absolute atomic E-state index is 12.9. The van der Waals surface area contributed by atoms with Gasteiger partial charge in [0, 0.05) is 12.8 Å². The van der Waals surface area contributed by atoms with Crippen LogP contribution in [0.4, 0.5) is 11.9 Å². The normalized spacial score (nSPS) is 34.9. The molecular formula is C20H22N10O12P2-2. The van der Waals surface area contributed by atoms with Gasteiger partial charge in [-0.3, -0.25) is 37.8 Å². The van der Waals surface area contributed by atoms with Crippen LogP contribution in [0.1, 0.15) is 25.3 Å². The molecule has 4 aromatic rings. The third kappa shape index (κ3) is 5.34. The zero-order chi connectivity index (χ0) is 31.0.